The van der Waals surface area contributed by atoms with Crippen LogP contribution in [0.5, 0.6) is 5.75 Å². The molecule has 5 heteroatoms. The Hall–Kier alpha value is -2.01. The summed E-state index contributed by atoms with van der Waals surface area (Å²) in [6.45, 7) is 1.53. The second kappa shape index (κ2) is 5.17. The molecule has 0 radical (unpaired) electrons. The number of halogens is 3. The van der Waals surface area contributed by atoms with Crippen LogP contribution in [0.25, 0.3) is 0 Å². The fraction of sp³-hybridized carbons (Fsp3) is 0.200. The standard InChI is InChI=1S/C15H14F3NO/c1-15(19,9-4-3-5-10(8-9)20-2)11-6-7-12(16)14(18)13(11)17/h3-8H,19H2,1-2H3. The highest BCUT2D eigenvalue weighted by atomic mass is 19.2. The Balaban J connectivity index is 2.57. The number of hydrogen-bond acceptors (Lipinski definition) is 2. The zero-order valence-electron chi connectivity index (χ0n) is 11.1. The zero-order valence-corrected chi connectivity index (χ0v) is 11.1. The summed E-state index contributed by atoms with van der Waals surface area (Å²) in [5.74, 6) is -3.50. The van der Waals surface area contributed by atoms with Crippen LogP contribution in [0.4, 0.5) is 13.2 Å². The highest BCUT2D eigenvalue weighted by Crippen LogP contribution is 2.31. The molecule has 0 bridgehead atoms. The molecule has 2 aromatic carbocycles. The molecule has 0 aliphatic heterocycles. The van der Waals surface area contributed by atoms with Gasteiger partial charge in [0.05, 0.1) is 12.6 Å². The Bertz CT molecular complexity index is 641. The Morgan fingerprint density at radius 2 is 1.75 bits per heavy atom. The van der Waals surface area contributed by atoms with E-state index in [4.69, 9.17) is 10.5 Å². The third-order valence-electron chi connectivity index (χ3n) is 3.26. The van der Waals surface area contributed by atoms with E-state index in [1.54, 1.807) is 24.3 Å². The molecule has 0 saturated heterocycles. The minimum atomic E-state index is -1.53. The van der Waals surface area contributed by atoms with Gasteiger partial charge in [-0.3, -0.25) is 0 Å². The van der Waals surface area contributed by atoms with Gasteiger partial charge < -0.3 is 10.5 Å². The fourth-order valence-electron chi connectivity index (χ4n) is 2.03. The van der Waals surface area contributed by atoms with Crippen molar-refractivity contribution in [3.8, 4) is 5.75 Å². The molecule has 2 nitrogen and oxygen atoms in total. The molecule has 1 atom stereocenters. The van der Waals surface area contributed by atoms with Gasteiger partial charge in [-0.25, -0.2) is 13.2 Å². The maximum absolute atomic E-state index is 13.9. The number of rotatable bonds is 3. The molecule has 2 aromatic rings. The number of methoxy groups -OCH3 is 1. The number of benzene rings is 2. The average Bonchev–Trinajstić information content (AvgIpc) is 2.44. The molecule has 0 saturated carbocycles. The van der Waals surface area contributed by atoms with Crippen LogP contribution < -0.4 is 10.5 Å². The summed E-state index contributed by atoms with van der Waals surface area (Å²) in [4.78, 5) is 0. The van der Waals surface area contributed by atoms with Crippen LogP contribution in [0, 0.1) is 17.5 Å². The Morgan fingerprint density at radius 1 is 1.05 bits per heavy atom. The van der Waals surface area contributed by atoms with Crippen LogP contribution in [0.2, 0.25) is 0 Å². The third-order valence-corrected chi connectivity index (χ3v) is 3.26. The lowest BCUT2D eigenvalue weighted by molar-refractivity contribution is 0.410. The van der Waals surface area contributed by atoms with Crippen LogP contribution >= 0.6 is 0 Å². The summed E-state index contributed by atoms with van der Waals surface area (Å²) in [5, 5.41) is 0. The van der Waals surface area contributed by atoms with Crippen molar-refractivity contribution in [1.29, 1.82) is 0 Å². The minimum Gasteiger partial charge on any atom is -0.497 e. The van der Waals surface area contributed by atoms with Crippen molar-refractivity contribution >= 4 is 0 Å². The number of ether oxygens (including phenoxy) is 1. The summed E-state index contributed by atoms with van der Waals surface area (Å²) in [5.41, 5.74) is 5.21. The molecule has 0 aromatic heterocycles. The van der Waals surface area contributed by atoms with Gasteiger partial charge in [0.1, 0.15) is 5.75 Å². The lowest BCUT2D eigenvalue weighted by atomic mass is 9.85. The largest absolute Gasteiger partial charge is 0.497 e. The fourth-order valence-corrected chi connectivity index (χ4v) is 2.03. The molecule has 0 aliphatic rings. The van der Waals surface area contributed by atoms with E-state index in [2.05, 4.69) is 0 Å². The van der Waals surface area contributed by atoms with Gasteiger partial charge in [-0.2, -0.15) is 0 Å². The van der Waals surface area contributed by atoms with E-state index in [0.29, 0.717) is 11.3 Å². The first-order valence-electron chi connectivity index (χ1n) is 5.95. The SMILES string of the molecule is COc1cccc(C(C)(N)c2ccc(F)c(F)c2F)c1. The van der Waals surface area contributed by atoms with Crippen molar-refractivity contribution in [3.63, 3.8) is 0 Å². The summed E-state index contributed by atoms with van der Waals surface area (Å²) in [6, 6.07) is 8.70. The van der Waals surface area contributed by atoms with Crippen LogP contribution in [0.15, 0.2) is 36.4 Å². The van der Waals surface area contributed by atoms with Gasteiger partial charge in [0, 0.05) is 5.56 Å². The zero-order chi connectivity index (χ0) is 14.9. The molecule has 2 rings (SSSR count). The van der Waals surface area contributed by atoms with E-state index in [9.17, 15) is 13.2 Å². The van der Waals surface area contributed by atoms with Gasteiger partial charge in [0.25, 0.3) is 0 Å². The van der Waals surface area contributed by atoms with Crippen LogP contribution in [-0.4, -0.2) is 7.11 Å². The molecule has 20 heavy (non-hydrogen) atoms. The van der Waals surface area contributed by atoms with Gasteiger partial charge in [0.15, 0.2) is 17.5 Å². The second-order valence-electron chi connectivity index (χ2n) is 4.66. The quantitative estimate of drug-likeness (QED) is 0.876. The van der Waals surface area contributed by atoms with E-state index >= 15 is 0 Å². The normalized spacial score (nSPS) is 13.9. The van der Waals surface area contributed by atoms with Crippen molar-refractivity contribution in [2.45, 2.75) is 12.5 Å². The van der Waals surface area contributed by atoms with Crippen LogP contribution in [0.3, 0.4) is 0 Å². The first-order chi connectivity index (χ1) is 9.37. The van der Waals surface area contributed by atoms with Crippen molar-refractivity contribution < 1.29 is 17.9 Å². The highest BCUT2D eigenvalue weighted by Gasteiger charge is 2.30. The Kier molecular flexibility index (Phi) is 3.72. The molecule has 2 N–H and O–H groups in total. The van der Waals surface area contributed by atoms with Crippen molar-refractivity contribution in [3.05, 3.63) is 65.0 Å². The van der Waals surface area contributed by atoms with Gasteiger partial charge in [-0.05, 0) is 30.7 Å². The monoisotopic (exact) mass is 281 g/mol. The first kappa shape index (κ1) is 14.4. The summed E-state index contributed by atoms with van der Waals surface area (Å²) in [7, 11) is 1.49. The van der Waals surface area contributed by atoms with Gasteiger partial charge in [-0.15, -0.1) is 0 Å². The highest BCUT2D eigenvalue weighted by molar-refractivity contribution is 5.41. The molecule has 0 amide bonds. The summed E-state index contributed by atoms with van der Waals surface area (Å²) in [6.07, 6.45) is 0. The number of nitrogens with two attached hydrogens (primary N) is 1. The van der Waals surface area contributed by atoms with Gasteiger partial charge in [-0.1, -0.05) is 18.2 Å². The molecular formula is C15H14F3NO. The van der Waals surface area contributed by atoms with E-state index in [-0.39, 0.29) is 5.56 Å². The van der Waals surface area contributed by atoms with Gasteiger partial charge in [0.2, 0.25) is 0 Å². The molecule has 0 aliphatic carbocycles. The smallest absolute Gasteiger partial charge is 0.194 e. The summed E-state index contributed by atoms with van der Waals surface area (Å²) >= 11 is 0. The Morgan fingerprint density at radius 3 is 2.40 bits per heavy atom. The first-order valence-corrected chi connectivity index (χ1v) is 5.95. The summed E-state index contributed by atoms with van der Waals surface area (Å²) < 4.78 is 45.3. The molecular weight excluding hydrogens is 267 g/mol. The van der Waals surface area contributed by atoms with E-state index in [1.807, 2.05) is 0 Å². The minimum absolute atomic E-state index is 0.121. The van der Waals surface area contributed by atoms with Crippen molar-refractivity contribution in [2.75, 3.05) is 7.11 Å². The molecule has 106 valence electrons. The molecule has 0 heterocycles. The van der Waals surface area contributed by atoms with Crippen molar-refractivity contribution in [2.24, 2.45) is 5.73 Å². The predicted molar refractivity (Wildman–Crippen MR) is 70.0 cm³/mol. The third kappa shape index (κ3) is 2.36. The molecule has 1 unspecified atom stereocenters. The topological polar surface area (TPSA) is 35.2 Å². The molecule has 0 fully saturated rings. The van der Waals surface area contributed by atoms with Gasteiger partial charge >= 0.3 is 0 Å². The van der Waals surface area contributed by atoms with Crippen LogP contribution in [-0.2, 0) is 5.54 Å². The maximum Gasteiger partial charge on any atom is 0.194 e. The van der Waals surface area contributed by atoms with Crippen LogP contribution in [0.1, 0.15) is 18.1 Å². The predicted octanol–water partition coefficient (Wildman–Crippen LogP) is 3.33. The van der Waals surface area contributed by atoms with E-state index in [0.717, 1.165) is 12.1 Å². The average molecular weight is 281 g/mol. The van der Waals surface area contributed by atoms with E-state index < -0.39 is 23.0 Å². The molecule has 0 spiro atoms. The van der Waals surface area contributed by atoms with Crippen molar-refractivity contribution in [1.82, 2.24) is 0 Å². The number of hydrogen-bond donors (Lipinski definition) is 1. The van der Waals surface area contributed by atoms with E-state index in [1.165, 1.54) is 14.0 Å². The maximum atomic E-state index is 13.9. The second-order valence-corrected chi connectivity index (χ2v) is 4.66. The lowest BCUT2D eigenvalue weighted by Gasteiger charge is -2.27. The Labute approximate surface area is 115 Å². The lowest BCUT2D eigenvalue weighted by Crippen LogP contribution is -2.35.